The Labute approximate surface area is 177 Å². The molecule has 0 atom stereocenters. The minimum absolute atomic E-state index is 0. The third-order valence-corrected chi connectivity index (χ3v) is 4.23. The molecule has 0 saturated carbocycles. The number of benzene rings is 1. The van der Waals surface area contributed by atoms with Gasteiger partial charge in [-0.15, -0.1) is 0 Å². The van der Waals surface area contributed by atoms with Gasteiger partial charge in [0.1, 0.15) is 12.4 Å². The van der Waals surface area contributed by atoms with Crippen molar-refractivity contribution in [1.29, 1.82) is 0 Å². The van der Waals surface area contributed by atoms with Crippen molar-refractivity contribution in [1.82, 2.24) is 15.3 Å². The molecule has 1 aromatic carbocycles. The summed E-state index contributed by atoms with van der Waals surface area (Å²) in [4.78, 5) is 8.53. The van der Waals surface area contributed by atoms with E-state index in [1.807, 2.05) is 18.2 Å². The highest BCUT2D eigenvalue weighted by Gasteiger charge is 2.05. The van der Waals surface area contributed by atoms with E-state index in [0.29, 0.717) is 30.1 Å². The summed E-state index contributed by atoms with van der Waals surface area (Å²) in [5, 5.41) is 7.08. The fourth-order valence-electron chi connectivity index (χ4n) is 2.89. The summed E-state index contributed by atoms with van der Waals surface area (Å²) in [6.45, 7) is 14.0. The number of allylic oxidation sites excluding steroid dienone is 1. The zero-order chi connectivity index (χ0) is 21.6. The van der Waals surface area contributed by atoms with Crippen LogP contribution in [0.3, 0.4) is 0 Å². The highest BCUT2D eigenvalue weighted by molar-refractivity contribution is 5.82. The van der Waals surface area contributed by atoms with Gasteiger partial charge in [0, 0.05) is 39.6 Å². The maximum Gasteiger partial charge on any atom is 0.222 e. The summed E-state index contributed by atoms with van der Waals surface area (Å²) in [5.74, 6) is 1.76. The lowest BCUT2D eigenvalue weighted by molar-refractivity contribution is 0.388. The summed E-state index contributed by atoms with van der Waals surface area (Å²) in [6.07, 6.45) is 6.50. The number of nitrogens with zero attached hydrogens (tertiary/aromatic N) is 2. The second-order valence-electron chi connectivity index (χ2n) is 6.86. The van der Waals surface area contributed by atoms with E-state index >= 15 is 0 Å². The van der Waals surface area contributed by atoms with Gasteiger partial charge in [0.05, 0.1) is 11.3 Å². The molecule has 0 aliphatic carbocycles. The van der Waals surface area contributed by atoms with Gasteiger partial charge in [0.2, 0.25) is 5.95 Å². The highest BCUT2D eigenvalue weighted by atomic mass is 19.1. The van der Waals surface area contributed by atoms with Crippen molar-refractivity contribution in [3.63, 3.8) is 0 Å². The SMILES string of the molecule is C=C(C)OC(=C)c1ccc2cnc(NC)nc2c1.CCCC(CCC)NCCF.[HH].[HH]. The van der Waals surface area contributed by atoms with Crippen LogP contribution in [0.2, 0.25) is 0 Å². The number of rotatable bonds is 11. The molecule has 0 spiro atoms. The quantitative estimate of drug-likeness (QED) is 0.435. The standard InChI is InChI=1S/C14H15N3O.C9H20FN.2H2/c1-9(2)18-10(3)11-5-6-12-8-16-14(15-4)17-13(12)7-11;1-3-5-9(6-4-2)11-8-7-10;;/h5-8H,1,3H2,2,4H3,(H,15,16,17);9,11H,3-8H2,1-2H3;2*1H. The summed E-state index contributed by atoms with van der Waals surface area (Å²) >= 11 is 0. The summed E-state index contributed by atoms with van der Waals surface area (Å²) in [6, 6.07) is 6.33. The molecular formula is C23H39FN4O. The lowest BCUT2D eigenvalue weighted by atomic mass is 10.1. The number of hydrogen-bond acceptors (Lipinski definition) is 5. The van der Waals surface area contributed by atoms with Crippen LogP contribution >= 0.6 is 0 Å². The van der Waals surface area contributed by atoms with Gasteiger partial charge < -0.3 is 15.4 Å². The topological polar surface area (TPSA) is 59.1 Å². The Kier molecular flexibility index (Phi) is 11.6. The molecule has 0 saturated heterocycles. The highest BCUT2D eigenvalue weighted by Crippen LogP contribution is 2.21. The number of nitrogens with one attached hydrogen (secondary N) is 2. The predicted octanol–water partition coefficient (Wildman–Crippen LogP) is 6.20. The first-order valence-electron chi connectivity index (χ1n) is 10.2. The lowest BCUT2D eigenvalue weighted by Crippen LogP contribution is -2.30. The molecule has 0 fully saturated rings. The normalized spacial score (nSPS) is 10.4. The molecule has 0 amide bonds. The van der Waals surface area contributed by atoms with Crippen LogP contribution in [0.1, 0.15) is 54.9 Å². The summed E-state index contributed by atoms with van der Waals surface area (Å²) < 4.78 is 17.2. The fraction of sp³-hybridized carbons (Fsp3) is 0.478. The molecule has 164 valence electrons. The van der Waals surface area contributed by atoms with E-state index in [0.717, 1.165) is 16.5 Å². The Balaban J connectivity index is 0. The van der Waals surface area contributed by atoms with Crippen molar-refractivity contribution in [2.75, 3.05) is 25.6 Å². The van der Waals surface area contributed by atoms with E-state index in [2.05, 4.69) is 47.6 Å². The molecule has 0 unspecified atom stereocenters. The van der Waals surface area contributed by atoms with Crippen molar-refractivity contribution in [2.24, 2.45) is 0 Å². The van der Waals surface area contributed by atoms with Gasteiger partial charge in [-0.25, -0.2) is 14.4 Å². The van der Waals surface area contributed by atoms with Crippen molar-refractivity contribution in [3.05, 3.63) is 48.9 Å². The van der Waals surface area contributed by atoms with Crippen molar-refractivity contribution in [2.45, 2.75) is 52.5 Å². The Morgan fingerprint density at radius 3 is 2.48 bits per heavy atom. The average molecular weight is 407 g/mol. The van der Waals surface area contributed by atoms with Crippen LogP contribution in [-0.4, -0.2) is 36.3 Å². The van der Waals surface area contributed by atoms with Crippen LogP contribution in [0.25, 0.3) is 16.7 Å². The van der Waals surface area contributed by atoms with Gasteiger partial charge in [-0.05, 0) is 25.8 Å². The molecule has 1 heterocycles. The zero-order valence-electron chi connectivity index (χ0n) is 18.2. The molecule has 6 heteroatoms. The van der Waals surface area contributed by atoms with Gasteiger partial charge in [-0.3, -0.25) is 0 Å². The Hall–Kier alpha value is -2.47. The van der Waals surface area contributed by atoms with Crippen LogP contribution in [0, 0.1) is 0 Å². The minimum Gasteiger partial charge on any atom is -0.463 e. The smallest absolute Gasteiger partial charge is 0.222 e. The van der Waals surface area contributed by atoms with Gasteiger partial charge in [0.25, 0.3) is 0 Å². The lowest BCUT2D eigenvalue weighted by Gasteiger charge is -2.15. The maximum atomic E-state index is 11.8. The Morgan fingerprint density at radius 1 is 1.24 bits per heavy atom. The molecule has 0 aliphatic rings. The molecule has 2 N–H and O–H groups in total. The average Bonchev–Trinajstić information content (AvgIpc) is 2.71. The summed E-state index contributed by atoms with van der Waals surface area (Å²) in [5.41, 5.74) is 1.73. The third kappa shape index (κ3) is 9.05. The van der Waals surface area contributed by atoms with E-state index in [-0.39, 0.29) is 9.53 Å². The first kappa shape index (κ1) is 24.6. The number of ether oxygens (including phenoxy) is 1. The van der Waals surface area contributed by atoms with Gasteiger partial charge in [0.15, 0.2) is 0 Å². The molecule has 0 aliphatic heterocycles. The van der Waals surface area contributed by atoms with E-state index in [9.17, 15) is 4.39 Å². The molecule has 29 heavy (non-hydrogen) atoms. The number of hydrogen-bond donors (Lipinski definition) is 2. The predicted molar refractivity (Wildman–Crippen MR) is 126 cm³/mol. The largest absolute Gasteiger partial charge is 0.463 e. The van der Waals surface area contributed by atoms with Crippen molar-refractivity contribution >= 4 is 22.6 Å². The molecule has 1 aromatic heterocycles. The molecular weight excluding hydrogens is 367 g/mol. The van der Waals surface area contributed by atoms with E-state index < -0.39 is 0 Å². The number of alkyl halides is 1. The van der Waals surface area contributed by atoms with Crippen LogP contribution in [0.5, 0.6) is 0 Å². The second-order valence-corrected chi connectivity index (χ2v) is 6.86. The van der Waals surface area contributed by atoms with Gasteiger partial charge in [-0.2, -0.15) is 0 Å². The molecule has 2 rings (SSSR count). The van der Waals surface area contributed by atoms with Crippen LogP contribution in [0.15, 0.2) is 43.3 Å². The molecule has 5 nitrogen and oxygen atoms in total. The zero-order valence-corrected chi connectivity index (χ0v) is 18.2. The van der Waals surface area contributed by atoms with Gasteiger partial charge in [-0.1, -0.05) is 52.0 Å². The Bertz CT molecular complexity index is 783. The monoisotopic (exact) mass is 406 g/mol. The number of aromatic nitrogens is 2. The molecule has 2 aromatic rings. The van der Waals surface area contributed by atoms with Crippen LogP contribution in [-0.2, 0) is 4.74 Å². The third-order valence-electron chi connectivity index (χ3n) is 4.23. The molecule has 0 radical (unpaired) electrons. The minimum atomic E-state index is -0.246. The number of halogens is 1. The number of fused-ring (bicyclic) bond motifs is 1. The first-order valence-corrected chi connectivity index (χ1v) is 10.2. The fourth-order valence-corrected chi connectivity index (χ4v) is 2.89. The van der Waals surface area contributed by atoms with Crippen molar-refractivity contribution in [3.8, 4) is 0 Å². The number of anilines is 1. The Morgan fingerprint density at radius 2 is 1.93 bits per heavy atom. The van der Waals surface area contributed by atoms with Crippen LogP contribution < -0.4 is 10.6 Å². The maximum absolute atomic E-state index is 11.8. The van der Waals surface area contributed by atoms with Gasteiger partial charge >= 0.3 is 0 Å². The molecule has 0 bridgehead atoms. The first-order chi connectivity index (χ1) is 13.9. The van der Waals surface area contributed by atoms with Crippen LogP contribution in [0.4, 0.5) is 10.3 Å². The summed E-state index contributed by atoms with van der Waals surface area (Å²) in [7, 11) is 1.79. The van der Waals surface area contributed by atoms with E-state index in [1.165, 1.54) is 25.7 Å². The van der Waals surface area contributed by atoms with E-state index in [4.69, 9.17) is 4.74 Å². The second kappa shape index (κ2) is 13.7. The van der Waals surface area contributed by atoms with Crippen molar-refractivity contribution < 1.29 is 12.0 Å². The van der Waals surface area contributed by atoms with E-state index in [1.54, 1.807) is 20.2 Å².